The lowest BCUT2D eigenvalue weighted by Crippen LogP contribution is -2.30. The van der Waals surface area contributed by atoms with E-state index in [1.165, 1.54) is 0 Å². The molecule has 3 unspecified atom stereocenters. The summed E-state index contributed by atoms with van der Waals surface area (Å²) in [6, 6.07) is 8.44. The summed E-state index contributed by atoms with van der Waals surface area (Å²) in [5, 5.41) is 11.3. The molecule has 1 heterocycles. The molecule has 2 aliphatic rings. The molecule has 4 heteroatoms. The predicted octanol–water partition coefficient (Wildman–Crippen LogP) is 2.47. The Morgan fingerprint density at radius 3 is 2.78 bits per heavy atom. The summed E-state index contributed by atoms with van der Waals surface area (Å²) in [4.78, 5) is 4.80. The van der Waals surface area contributed by atoms with Crippen molar-refractivity contribution in [3.05, 3.63) is 29.8 Å². The zero-order valence-electron chi connectivity index (χ0n) is 10.4. The van der Waals surface area contributed by atoms with Crippen LogP contribution in [0.15, 0.2) is 29.3 Å². The van der Waals surface area contributed by atoms with Crippen molar-refractivity contribution in [3.8, 4) is 5.75 Å². The maximum absolute atomic E-state index is 9.70. The van der Waals surface area contributed by atoms with Gasteiger partial charge >= 0.3 is 0 Å². The van der Waals surface area contributed by atoms with Crippen LogP contribution in [0.1, 0.15) is 24.8 Å². The quantitative estimate of drug-likeness (QED) is 0.891. The fraction of sp³-hybridized carbons (Fsp3) is 0.500. The summed E-state index contributed by atoms with van der Waals surface area (Å²) in [6.45, 7) is 0. The summed E-state index contributed by atoms with van der Waals surface area (Å²) >= 11 is 1.81. The number of ether oxygens (including phenoxy) is 1. The zero-order chi connectivity index (χ0) is 12.5. The standard InChI is InChI=1S/C14H17NO2S/c1-17-11-5-2-9(3-6-11)14-15-12-7-4-10(16)8-13(12)18-14/h2-3,5-6,10,12-13,16H,4,7-8H2,1H3. The Kier molecular flexibility index (Phi) is 3.31. The van der Waals surface area contributed by atoms with Crippen LogP contribution < -0.4 is 4.74 Å². The maximum atomic E-state index is 9.70. The number of benzene rings is 1. The number of hydrogen-bond acceptors (Lipinski definition) is 4. The van der Waals surface area contributed by atoms with E-state index in [2.05, 4.69) is 12.1 Å². The van der Waals surface area contributed by atoms with Gasteiger partial charge in [-0.3, -0.25) is 4.99 Å². The Labute approximate surface area is 111 Å². The number of methoxy groups -OCH3 is 1. The predicted molar refractivity (Wildman–Crippen MR) is 74.6 cm³/mol. The lowest BCUT2D eigenvalue weighted by molar-refractivity contribution is 0.127. The molecule has 0 saturated heterocycles. The van der Waals surface area contributed by atoms with Crippen molar-refractivity contribution in [1.29, 1.82) is 0 Å². The van der Waals surface area contributed by atoms with Gasteiger partial charge in [-0.05, 0) is 43.5 Å². The number of aliphatic imine (C=N–C) groups is 1. The Morgan fingerprint density at radius 2 is 2.06 bits per heavy atom. The summed E-state index contributed by atoms with van der Waals surface area (Å²) in [5.41, 5.74) is 1.16. The van der Waals surface area contributed by atoms with Gasteiger partial charge in [0, 0.05) is 10.8 Å². The second kappa shape index (κ2) is 4.94. The number of hydrogen-bond donors (Lipinski definition) is 1. The first-order valence-corrected chi connectivity index (χ1v) is 7.21. The van der Waals surface area contributed by atoms with Crippen LogP contribution in [0.25, 0.3) is 0 Å². The minimum absolute atomic E-state index is 0.135. The van der Waals surface area contributed by atoms with E-state index in [-0.39, 0.29) is 6.10 Å². The highest BCUT2D eigenvalue weighted by molar-refractivity contribution is 8.15. The van der Waals surface area contributed by atoms with E-state index in [0.717, 1.165) is 35.6 Å². The first-order chi connectivity index (χ1) is 8.76. The van der Waals surface area contributed by atoms with Crippen LogP contribution in [0, 0.1) is 0 Å². The number of aliphatic hydroxyl groups is 1. The van der Waals surface area contributed by atoms with E-state index in [0.29, 0.717) is 11.3 Å². The highest BCUT2D eigenvalue weighted by Crippen LogP contribution is 2.39. The van der Waals surface area contributed by atoms with Gasteiger partial charge in [-0.1, -0.05) is 0 Å². The smallest absolute Gasteiger partial charge is 0.118 e. The molecule has 1 N–H and O–H groups in total. The van der Waals surface area contributed by atoms with Crippen molar-refractivity contribution in [2.24, 2.45) is 4.99 Å². The Balaban J connectivity index is 1.77. The number of nitrogens with zero attached hydrogens (tertiary/aromatic N) is 1. The average molecular weight is 263 g/mol. The van der Waals surface area contributed by atoms with Crippen molar-refractivity contribution in [1.82, 2.24) is 0 Å². The molecule has 0 bridgehead atoms. The molecule has 18 heavy (non-hydrogen) atoms. The third kappa shape index (κ3) is 2.27. The molecule has 0 amide bonds. The molecule has 3 nitrogen and oxygen atoms in total. The molecule has 3 rings (SSSR count). The zero-order valence-corrected chi connectivity index (χ0v) is 11.2. The van der Waals surface area contributed by atoms with Crippen LogP contribution in [0.3, 0.4) is 0 Å². The Hall–Kier alpha value is -1.00. The van der Waals surface area contributed by atoms with E-state index in [1.54, 1.807) is 7.11 Å². The molecule has 0 spiro atoms. The van der Waals surface area contributed by atoms with E-state index >= 15 is 0 Å². The van der Waals surface area contributed by atoms with Crippen LogP contribution in [0.2, 0.25) is 0 Å². The topological polar surface area (TPSA) is 41.8 Å². The molecule has 0 aromatic heterocycles. The van der Waals surface area contributed by atoms with E-state index in [1.807, 2.05) is 23.9 Å². The SMILES string of the molecule is COc1ccc(C2=NC3CCC(O)CC3S2)cc1. The first-order valence-electron chi connectivity index (χ1n) is 6.33. The van der Waals surface area contributed by atoms with E-state index in [9.17, 15) is 5.11 Å². The number of aliphatic hydroxyl groups excluding tert-OH is 1. The van der Waals surface area contributed by atoms with Crippen molar-refractivity contribution in [2.45, 2.75) is 36.7 Å². The van der Waals surface area contributed by atoms with Crippen LogP contribution in [-0.4, -0.2) is 34.7 Å². The molecule has 1 fully saturated rings. The molecule has 1 aliphatic heterocycles. The summed E-state index contributed by atoms with van der Waals surface area (Å²) in [5.74, 6) is 0.871. The molecule has 1 aliphatic carbocycles. The Bertz CT molecular complexity index is 457. The lowest BCUT2D eigenvalue weighted by atomic mass is 9.93. The summed E-state index contributed by atoms with van der Waals surface area (Å²) < 4.78 is 5.16. The molecular weight excluding hydrogens is 246 g/mol. The monoisotopic (exact) mass is 263 g/mol. The van der Waals surface area contributed by atoms with Crippen LogP contribution in [-0.2, 0) is 0 Å². The molecule has 0 radical (unpaired) electrons. The van der Waals surface area contributed by atoms with Crippen LogP contribution in [0.5, 0.6) is 5.75 Å². The number of fused-ring (bicyclic) bond motifs is 1. The van der Waals surface area contributed by atoms with Crippen LogP contribution >= 0.6 is 11.8 Å². The average Bonchev–Trinajstić information content (AvgIpc) is 2.81. The van der Waals surface area contributed by atoms with Crippen molar-refractivity contribution >= 4 is 16.8 Å². The van der Waals surface area contributed by atoms with Crippen LogP contribution in [0.4, 0.5) is 0 Å². The molecule has 1 saturated carbocycles. The third-order valence-electron chi connectivity index (χ3n) is 3.61. The van der Waals surface area contributed by atoms with E-state index < -0.39 is 0 Å². The molecule has 3 atom stereocenters. The summed E-state index contributed by atoms with van der Waals surface area (Å²) in [6.07, 6.45) is 2.64. The second-order valence-electron chi connectivity index (χ2n) is 4.85. The van der Waals surface area contributed by atoms with Crippen molar-refractivity contribution in [2.75, 3.05) is 7.11 Å². The van der Waals surface area contributed by atoms with Gasteiger partial charge in [-0.2, -0.15) is 0 Å². The van der Waals surface area contributed by atoms with Gasteiger partial charge in [0.2, 0.25) is 0 Å². The highest BCUT2D eigenvalue weighted by Gasteiger charge is 2.35. The fourth-order valence-electron chi connectivity index (χ4n) is 2.57. The molecule has 96 valence electrons. The minimum atomic E-state index is -0.135. The van der Waals surface area contributed by atoms with Gasteiger partial charge in [0.25, 0.3) is 0 Å². The van der Waals surface area contributed by atoms with Gasteiger partial charge < -0.3 is 9.84 Å². The van der Waals surface area contributed by atoms with Gasteiger partial charge in [0.15, 0.2) is 0 Å². The number of rotatable bonds is 2. The Morgan fingerprint density at radius 1 is 1.28 bits per heavy atom. The maximum Gasteiger partial charge on any atom is 0.118 e. The van der Waals surface area contributed by atoms with E-state index in [4.69, 9.17) is 9.73 Å². The first kappa shape index (κ1) is 12.1. The van der Waals surface area contributed by atoms with Gasteiger partial charge in [-0.25, -0.2) is 0 Å². The lowest BCUT2D eigenvalue weighted by Gasteiger charge is -2.26. The van der Waals surface area contributed by atoms with Gasteiger partial charge in [0.1, 0.15) is 5.75 Å². The normalized spacial score (nSPS) is 30.8. The fourth-order valence-corrected chi connectivity index (χ4v) is 3.99. The largest absolute Gasteiger partial charge is 0.497 e. The third-order valence-corrected chi connectivity index (χ3v) is 4.99. The van der Waals surface area contributed by atoms with Crippen molar-refractivity contribution in [3.63, 3.8) is 0 Å². The molecule has 1 aromatic carbocycles. The molecular formula is C14H17NO2S. The number of thioether (sulfide) groups is 1. The van der Waals surface area contributed by atoms with Crippen molar-refractivity contribution < 1.29 is 9.84 Å². The summed E-state index contributed by atoms with van der Waals surface area (Å²) in [7, 11) is 1.67. The molecule has 1 aromatic rings. The van der Waals surface area contributed by atoms with Gasteiger partial charge in [0.05, 0.1) is 24.3 Å². The highest BCUT2D eigenvalue weighted by atomic mass is 32.2. The van der Waals surface area contributed by atoms with Gasteiger partial charge in [-0.15, -0.1) is 11.8 Å². The minimum Gasteiger partial charge on any atom is -0.497 e. The second-order valence-corrected chi connectivity index (χ2v) is 6.08.